The van der Waals surface area contributed by atoms with Crippen LogP contribution in [0.3, 0.4) is 0 Å². The van der Waals surface area contributed by atoms with Gasteiger partial charge in [-0.2, -0.15) is 4.31 Å². The second kappa shape index (κ2) is 9.92. The molecule has 2 heterocycles. The summed E-state index contributed by atoms with van der Waals surface area (Å²) in [5.74, 6) is 0.00990. The summed E-state index contributed by atoms with van der Waals surface area (Å²) in [7, 11) is -7.51. The number of nitrogens with zero attached hydrogens (tertiary/aromatic N) is 3. The monoisotopic (exact) mass is 498 g/mol. The number of carbonyl (C=O) groups excluding carboxylic acids is 1. The Morgan fingerprint density at radius 3 is 2.42 bits per heavy atom. The lowest BCUT2D eigenvalue weighted by Crippen LogP contribution is -2.38. The van der Waals surface area contributed by atoms with Crippen LogP contribution in [0.4, 0.5) is 0 Å². The standard InChI is InChI=1S/C21H30N4O6S2/c1-15-6-7-19(16(2)14-15)32(27,28)22-9-8-20(26)24-10-5-11-25(13-12-24)33(29,30)21-17(3)23-31-18(21)4/h6-7,14,22H,5,8-13H2,1-4H3. The number of hydrogen-bond donors (Lipinski definition) is 1. The topological polar surface area (TPSA) is 130 Å². The Labute approximate surface area is 195 Å². The molecule has 1 saturated heterocycles. The smallest absolute Gasteiger partial charge is 0.248 e. The molecule has 0 saturated carbocycles. The molecule has 1 aliphatic rings. The first-order valence-electron chi connectivity index (χ1n) is 10.7. The zero-order chi connectivity index (χ0) is 24.4. The Balaban J connectivity index is 1.58. The van der Waals surface area contributed by atoms with Crippen molar-refractivity contribution in [2.45, 2.75) is 50.3 Å². The van der Waals surface area contributed by atoms with Crippen molar-refractivity contribution in [2.75, 3.05) is 32.7 Å². The first-order chi connectivity index (χ1) is 15.4. The van der Waals surface area contributed by atoms with Crippen molar-refractivity contribution in [1.29, 1.82) is 0 Å². The number of nitrogens with one attached hydrogen (secondary N) is 1. The summed E-state index contributed by atoms with van der Waals surface area (Å²) in [6, 6.07) is 5.07. The Morgan fingerprint density at radius 1 is 1.06 bits per heavy atom. The van der Waals surface area contributed by atoms with Gasteiger partial charge < -0.3 is 9.42 Å². The molecule has 33 heavy (non-hydrogen) atoms. The van der Waals surface area contributed by atoms with Crippen LogP contribution in [0.15, 0.2) is 32.5 Å². The minimum absolute atomic E-state index is 0.0131. The molecule has 0 spiro atoms. The third-order valence-electron chi connectivity index (χ3n) is 5.62. The predicted octanol–water partition coefficient (Wildman–Crippen LogP) is 1.50. The van der Waals surface area contributed by atoms with Crippen LogP contribution in [0.2, 0.25) is 0 Å². The van der Waals surface area contributed by atoms with Gasteiger partial charge in [-0.15, -0.1) is 0 Å². The summed E-state index contributed by atoms with van der Waals surface area (Å²) in [5.41, 5.74) is 1.91. The quantitative estimate of drug-likeness (QED) is 0.612. The lowest BCUT2D eigenvalue weighted by Gasteiger charge is -2.22. The number of amides is 1. The fraction of sp³-hybridized carbons (Fsp3) is 0.524. The molecule has 1 fully saturated rings. The normalized spacial score (nSPS) is 16.1. The van der Waals surface area contributed by atoms with Crippen molar-refractivity contribution < 1.29 is 26.2 Å². The maximum absolute atomic E-state index is 13.0. The van der Waals surface area contributed by atoms with E-state index in [4.69, 9.17) is 4.52 Å². The van der Waals surface area contributed by atoms with Gasteiger partial charge in [0.25, 0.3) is 0 Å². The Morgan fingerprint density at radius 2 is 1.79 bits per heavy atom. The predicted molar refractivity (Wildman–Crippen MR) is 122 cm³/mol. The molecule has 3 rings (SSSR count). The number of carbonyl (C=O) groups is 1. The Bertz CT molecular complexity index is 1220. The SMILES string of the molecule is Cc1ccc(S(=O)(=O)NCCC(=O)N2CCCN(S(=O)(=O)c3c(C)noc3C)CC2)c(C)c1. The molecule has 0 unspecified atom stereocenters. The third-order valence-corrected chi connectivity index (χ3v) is 9.39. The summed E-state index contributed by atoms with van der Waals surface area (Å²) in [6.07, 6.45) is 0.462. The Kier molecular flexibility index (Phi) is 7.62. The molecule has 0 radical (unpaired) electrons. The molecular formula is C21H30N4O6S2. The number of rotatable bonds is 7. The van der Waals surface area contributed by atoms with Crippen molar-refractivity contribution in [2.24, 2.45) is 0 Å². The lowest BCUT2D eigenvalue weighted by molar-refractivity contribution is -0.130. The van der Waals surface area contributed by atoms with Gasteiger partial charge in [-0.25, -0.2) is 21.6 Å². The van der Waals surface area contributed by atoms with Gasteiger partial charge in [0.15, 0.2) is 5.76 Å². The van der Waals surface area contributed by atoms with E-state index in [-0.39, 0.29) is 54.1 Å². The molecule has 1 N–H and O–H groups in total. The number of aromatic nitrogens is 1. The van der Waals surface area contributed by atoms with Gasteiger partial charge in [0, 0.05) is 39.1 Å². The zero-order valence-electron chi connectivity index (χ0n) is 19.3. The minimum atomic E-state index is -3.78. The van der Waals surface area contributed by atoms with Gasteiger partial charge >= 0.3 is 0 Å². The number of hydrogen-bond acceptors (Lipinski definition) is 7. The molecule has 2 aromatic rings. The minimum Gasteiger partial charge on any atom is -0.360 e. The number of aryl methyl sites for hydroxylation is 4. The highest BCUT2D eigenvalue weighted by Crippen LogP contribution is 2.24. The molecule has 12 heteroatoms. The molecule has 1 aromatic carbocycles. The van der Waals surface area contributed by atoms with Crippen LogP contribution in [-0.2, 0) is 24.8 Å². The van der Waals surface area contributed by atoms with Crippen molar-refractivity contribution in [3.63, 3.8) is 0 Å². The molecule has 10 nitrogen and oxygen atoms in total. The highest BCUT2D eigenvalue weighted by Gasteiger charge is 2.32. The van der Waals surface area contributed by atoms with E-state index in [0.29, 0.717) is 24.2 Å². The number of sulfonamides is 2. The summed E-state index contributed by atoms with van der Waals surface area (Å²) in [4.78, 5) is 14.5. The summed E-state index contributed by atoms with van der Waals surface area (Å²) in [5, 5.41) is 3.73. The van der Waals surface area contributed by atoms with E-state index < -0.39 is 20.0 Å². The molecule has 0 aliphatic carbocycles. The maximum Gasteiger partial charge on any atom is 0.248 e. The van der Waals surface area contributed by atoms with Crippen molar-refractivity contribution >= 4 is 26.0 Å². The fourth-order valence-corrected chi connectivity index (χ4v) is 7.00. The highest BCUT2D eigenvalue weighted by atomic mass is 32.2. The Hall–Kier alpha value is -2.28. The van der Waals surface area contributed by atoms with Gasteiger partial charge in [0.2, 0.25) is 26.0 Å². The average Bonchev–Trinajstić information content (AvgIpc) is 2.91. The van der Waals surface area contributed by atoms with E-state index in [2.05, 4.69) is 9.88 Å². The highest BCUT2D eigenvalue weighted by molar-refractivity contribution is 7.89. The second-order valence-corrected chi connectivity index (χ2v) is 11.8. The van der Waals surface area contributed by atoms with Crippen LogP contribution >= 0.6 is 0 Å². The van der Waals surface area contributed by atoms with E-state index in [1.807, 2.05) is 6.92 Å². The van der Waals surface area contributed by atoms with Crippen molar-refractivity contribution in [3.8, 4) is 0 Å². The van der Waals surface area contributed by atoms with E-state index in [0.717, 1.165) is 5.56 Å². The van der Waals surface area contributed by atoms with Crippen LogP contribution in [0.1, 0.15) is 35.4 Å². The van der Waals surface area contributed by atoms with Gasteiger partial charge in [0.1, 0.15) is 10.6 Å². The first-order valence-corrected chi connectivity index (χ1v) is 13.6. The molecular weight excluding hydrogens is 468 g/mol. The van der Waals surface area contributed by atoms with Crippen molar-refractivity contribution in [1.82, 2.24) is 19.1 Å². The fourth-order valence-electron chi connectivity index (χ4n) is 3.98. The van der Waals surface area contributed by atoms with Crippen molar-refractivity contribution in [3.05, 3.63) is 40.8 Å². The van der Waals surface area contributed by atoms with Crippen LogP contribution in [-0.4, -0.2) is 69.8 Å². The van der Waals surface area contributed by atoms with E-state index in [9.17, 15) is 21.6 Å². The van der Waals surface area contributed by atoms with Crippen LogP contribution in [0, 0.1) is 27.7 Å². The van der Waals surface area contributed by atoms with Crippen LogP contribution < -0.4 is 4.72 Å². The molecule has 1 amide bonds. The van der Waals surface area contributed by atoms with Gasteiger partial charge in [-0.1, -0.05) is 22.9 Å². The maximum atomic E-state index is 13.0. The number of benzene rings is 1. The van der Waals surface area contributed by atoms with Gasteiger partial charge in [-0.05, 0) is 45.7 Å². The van der Waals surface area contributed by atoms with E-state index in [1.54, 1.807) is 43.9 Å². The van der Waals surface area contributed by atoms with Crippen LogP contribution in [0.25, 0.3) is 0 Å². The summed E-state index contributed by atoms with van der Waals surface area (Å²) >= 11 is 0. The summed E-state index contributed by atoms with van der Waals surface area (Å²) in [6.45, 7) is 7.76. The molecule has 1 aliphatic heterocycles. The van der Waals surface area contributed by atoms with Crippen LogP contribution in [0.5, 0.6) is 0 Å². The molecule has 0 atom stereocenters. The zero-order valence-corrected chi connectivity index (χ0v) is 20.9. The molecule has 1 aromatic heterocycles. The summed E-state index contributed by atoms with van der Waals surface area (Å²) < 4.78 is 60.0. The average molecular weight is 499 g/mol. The van der Waals surface area contributed by atoms with E-state index in [1.165, 1.54) is 4.31 Å². The van der Waals surface area contributed by atoms with Gasteiger partial charge in [0.05, 0.1) is 4.90 Å². The first kappa shape index (κ1) is 25.3. The third kappa shape index (κ3) is 5.62. The van der Waals surface area contributed by atoms with Gasteiger partial charge in [-0.3, -0.25) is 4.79 Å². The largest absolute Gasteiger partial charge is 0.360 e. The second-order valence-electron chi connectivity index (χ2n) is 8.21. The molecule has 0 bridgehead atoms. The lowest BCUT2D eigenvalue weighted by atomic mass is 10.2. The molecule has 182 valence electrons. The van der Waals surface area contributed by atoms with E-state index >= 15 is 0 Å².